The Balaban J connectivity index is 2.03. The van der Waals surface area contributed by atoms with Crippen LogP contribution in [0.3, 0.4) is 0 Å². The Hall–Kier alpha value is -0.490. The van der Waals surface area contributed by atoms with Gasteiger partial charge in [-0.2, -0.15) is 0 Å². The van der Waals surface area contributed by atoms with Crippen molar-refractivity contribution < 1.29 is 24.9 Å². The summed E-state index contributed by atoms with van der Waals surface area (Å²) in [5.74, 6) is 0.489. The summed E-state index contributed by atoms with van der Waals surface area (Å²) in [6.07, 6.45) is 5.54. The second-order valence-corrected chi connectivity index (χ2v) is 9.37. The van der Waals surface area contributed by atoms with E-state index in [4.69, 9.17) is 4.74 Å². The second-order valence-electron chi connectivity index (χ2n) is 9.37. The van der Waals surface area contributed by atoms with E-state index in [1.165, 1.54) is 0 Å². The zero-order valence-electron chi connectivity index (χ0n) is 15.8. The van der Waals surface area contributed by atoms with Gasteiger partial charge < -0.3 is 24.9 Å². The van der Waals surface area contributed by atoms with Crippen LogP contribution in [-0.4, -0.2) is 52.1 Å². The number of carbonyl (C=O) groups excluding carboxylic acids is 1. The van der Waals surface area contributed by atoms with Crippen molar-refractivity contribution in [1.82, 2.24) is 0 Å². The average molecular weight is 354 g/mol. The molecule has 144 valence electrons. The fraction of sp³-hybridized carbons (Fsp3) is 0.950. The van der Waals surface area contributed by atoms with E-state index in [2.05, 4.69) is 13.8 Å². The molecule has 3 rings (SSSR count). The first kappa shape index (κ1) is 19.3. The van der Waals surface area contributed by atoms with E-state index >= 15 is 0 Å². The summed E-state index contributed by atoms with van der Waals surface area (Å²) in [5.41, 5.74) is -1.88. The molecule has 1 aliphatic heterocycles. The lowest BCUT2D eigenvalue weighted by Crippen LogP contribution is -2.66. The Bertz CT molecular complexity index is 524. The van der Waals surface area contributed by atoms with E-state index in [0.717, 1.165) is 32.0 Å². The number of aldehydes is 1. The lowest BCUT2D eigenvalue weighted by atomic mass is 9.43. The van der Waals surface area contributed by atoms with Gasteiger partial charge in [-0.05, 0) is 50.4 Å². The minimum atomic E-state index is -0.771. The topological polar surface area (TPSA) is 87.0 Å². The molecule has 25 heavy (non-hydrogen) atoms. The number of rotatable bonds is 4. The molecule has 0 aromatic rings. The molecule has 3 fully saturated rings. The Morgan fingerprint density at radius 3 is 2.40 bits per heavy atom. The molecule has 2 saturated carbocycles. The molecule has 7 atom stereocenters. The number of hydrogen-bond donors (Lipinski definition) is 3. The summed E-state index contributed by atoms with van der Waals surface area (Å²) >= 11 is 0. The first-order valence-electron chi connectivity index (χ1n) is 9.77. The number of ether oxygens (including phenoxy) is 1. The van der Waals surface area contributed by atoms with Gasteiger partial charge in [0.05, 0.1) is 30.5 Å². The van der Waals surface area contributed by atoms with Crippen molar-refractivity contribution in [2.75, 3.05) is 13.2 Å². The molecule has 5 heteroatoms. The van der Waals surface area contributed by atoms with E-state index in [0.29, 0.717) is 18.8 Å². The average Bonchev–Trinajstić information content (AvgIpc) is 2.99. The van der Waals surface area contributed by atoms with Crippen LogP contribution in [0.2, 0.25) is 0 Å². The van der Waals surface area contributed by atoms with Crippen LogP contribution in [0.25, 0.3) is 0 Å². The van der Waals surface area contributed by atoms with E-state index in [1.54, 1.807) is 0 Å². The highest BCUT2D eigenvalue weighted by Crippen LogP contribution is 2.67. The van der Waals surface area contributed by atoms with Crippen molar-refractivity contribution in [3.8, 4) is 0 Å². The third kappa shape index (κ3) is 2.46. The standard InChI is InChI=1S/C20H34O5/c1-14-4-5-15-17(2,12-22)16(24)6-7-18(15,3)20(14)9-8-19(13-23,25-20)10-11-21/h11,14-16,22-24H,4-10,12-13H2,1-3H3/t14-,15+,16+,17+,18+,19+,20-/m1/s1. The Morgan fingerprint density at radius 1 is 1.08 bits per heavy atom. The lowest BCUT2D eigenvalue weighted by molar-refractivity contribution is -0.270. The van der Waals surface area contributed by atoms with Crippen molar-refractivity contribution in [3.63, 3.8) is 0 Å². The summed E-state index contributed by atoms with van der Waals surface area (Å²) in [6, 6.07) is 0. The molecule has 0 amide bonds. The van der Waals surface area contributed by atoms with Crippen molar-refractivity contribution >= 4 is 6.29 Å². The van der Waals surface area contributed by atoms with Gasteiger partial charge in [0.25, 0.3) is 0 Å². The van der Waals surface area contributed by atoms with Gasteiger partial charge in [0, 0.05) is 17.3 Å². The van der Waals surface area contributed by atoms with Crippen molar-refractivity contribution in [3.05, 3.63) is 0 Å². The Labute approximate surface area is 150 Å². The Kier molecular flexibility index (Phi) is 4.85. The van der Waals surface area contributed by atoms with Crippen LogP contribution in [0.1, 0.15) is 65.7 Å². The molecule has 0 aromatic heterocycles. The summed E-state index contributed by atoms with van der Waals surface area (Å²) in [4.78, 5) is 11.2. The maximum absolute atomic E-state index is 11.2. The van der Waals surface area contributed by atoms with Gasteiger partial charge in [0.2, 0.25) is 0 Å². The zero-order chi connectivity index (χ0) is 18.5. The summed E-state index contributed by atoms with van der Waals surface area (Å²) in [6.45, 7) is 6.31. The molecule has 3 N–H and O–H groups in total. The molecule has 0 aromatic carbocycles. The van der Waals surface area contributed by atoms with Crippen molar-refractivity contribution in [1.29, 1.82) is 0 Å². The summed E-state index contributed by atoms with van der Waals surface area (Å²) in [5, 5.41) is 30.7. The first-order valence-corrected chi connectivity index (χ1v) is 9.77. The molecule has 3 aliphatic rings. The van der Waals surface area contributed by atoms with Crippen molar-refractivity contribution in [2.45, 2.75) is 83.0 Å². The van der Waals surface area contributed by atoms with Gasteiger partial charge in [-0.15, -0.1) is 0 Å². The molecular formula is C20H34O5. The zero-order valence-corrected chi connectivity index (χ0v) is 15.8. The predicted molar refractivity (Wildman–Crippen MR) is 94.0 cm³/mol. The van der Waals surface area contributed by atoms with E-state index in [1.807, 2.05) is 6.92 Å². The van der Waals surface area contributed by atoms with E-state index in [9.17, 15) is 20.1 Å². The second kappa shape index (κ2) is 6.29. The SMILES string of the molecule is C[C@@H]1CC[C@H]2[C@](C)(CO)[C@@H](O)CC[C@]2(C)[C@@]12CC[C@@](CO)(CC=O)O2. The highest BCUT2D eigenvalue weighted by atomic mass is 16.5. The molecule has 2 aliphatic carbocycles. The van der Waals surface area contributed by atoms with Gasteiger partial charge in [-0.1, -0.05) is 20.8 Å². The van der Waals surface area contributed by atoms with Crippen LogP contribution in [-0.2, 0) is 9.53 Å². The molecule has 1 saturated heterocycles. The molecule has 0 bridgehead atoms. The van der Waals surface area contributed by atoms with Crippen LogP contribution >= 0.6 is 0 Å². The quantitative estimate of drug-likeness (QED) is 0.673. The molecular weight excluding hydrogens is 320 g/mol. The van der Waals surface area contributed by atoms with Gasteiger partial charge in [0.15, 0.2) is 0 Å². The van der Waals surface area contributed by atoms with Crippen LogP contribution < -0.4 is 0 Å². The lowest BCUT2D eigenvalue weighted by Gasteiger charge is -2.65. The number of fused-ring (bicyclic) bond motifs is 2. The Morgan fingerprint density at radius 2 is 1.80 bits per heavy atom. The van der Waals surface area contributed by atoms with E-state index < -0.39 is 22.7 Å². The van der Waals surface area contributed by atoms with Crippen LogP contribution in [0.4, 0.5) is 0 Å². The maximum atomic E-state index is 11.2. The van der Waals surface area contributed by atoms with Crippen LogP contribution in [0, 0.1) is 22.7 Å². The highest BCUT2D eigenvalue weighted by molar-refractivity contribution is 5.51. The molecule has 5 nitrogen and oxygen atoms in total. The summed E-state index contributed by atoms with van der Waals surface area (Å²) < 4.78 is 6.68. The molecule has 1 spiro atoms. The minimum Gasteiger partial charge on any atom is -0.396 e. The monoisotopic (exact) mass is 354 g/mol. The molecule has 0 unspecified atom stereocenters. The minimum absolute atomic E-state index is 0.0294. The third-order valence-electron chi connectivity index (χ3n) is 8.35. The maximum Gasteiger partial charge on any atom is 0.122 e. The largest absolute Gasteiger partial charge is 0.396 e. The predicted octanol–water partition coefficient (Wildman–Crippen LogP) is 2.06. The first-order chi connectivity index (χ1) is 11.7. The number of aliphatic hydroxyl groups excluding tert-OH is 3. The fourth-order valence-electron chi connectivity index (χ4n) is 6.61. The normalized spacial score (nSPS) is 53.0. The third-order valence-corrected chi connectivity index (χ3v) is 8.35. The highest BCUT2D eigenvalue weighted by Gasteiger charge is 2.68. The van der Waals surface area contributed by atoms with Crippen LogP contribution in [0.15, 0.2) is 0 Å². The van der Waals surface area contributed by atoms with Gasteiger partial charge in [-0.3, -0.25) is 0 Å². The smallest absolute Gasteiger partial charge is 0.122 e. The number of aliphatic hydroxyl groups is 3. The van der Waals surface area contributed by atoms with Crippen LogP contribution in [0.5, 0.6) is 0 Å². The van der Waals surface area contributed by atoms with Crippen molar-refractivity contribution in [2.24, 2.45) is 22.7 Å². The summed E-state index contributed by atoms with van der Waals surface area (Å²) in [7, 11) is 0. The van der Waals surface area contributed by atoms with Gasteiger partial charge >= 0.3 is 0 Å². The number of hydrogen-bond acceptors (Lipinski definition) is 5. The number of carbonyl (C=O) groups is 1. The van der Waals surface area contributed by atoms with E-state index in [-0.39, 0.29) is 31.0 Å². The van der Waals surface area contributed by atoms with Gasteiger partial charge in [0.1, 0.15) is 6.29 Å². The fourth-order valence-corrected chi connectivity index (χ4v) is 6.61. The van der Waals surface area contributed by atoms with Gasteiger partial charge in [-0.25, -0.2) is 0 Å². The molecule has 1 heterocycles. The molecule has 0 radical (unpaired) electrons.